The first-order valence-electron chi connectivity index (χ1n) is 13.5. The van der Waals surface area contributed by atoms with E-state index in [2.05, 4.69) is 28.4 Å². The Morgan fingerprint density at radius 2 is 1.82 bits per heavy atom. The second-order valence-corrected chi connectivity index (χ2v) is 12.3. The molecule has 38 heavy (non-hydrogen) atoms. The molecular weight excluding hydrogens is 500 g/mol. The standard InChI is InChI=1S/C29H36N4O4S/c1-31(26-12-8-9-23-19-22(13-14-25(23)26)21-32-16-6-3-7-17-32)28(34)20-27-29(35)30-15-18-33(27)38(36,37)24-10-4-2-5-11-24/h2,4-5,10-11,13-15,18-19,26-27H,3,6-9,12,16-17,20-21H2,1H3,(H,30,35)/t26-,27?/m1/s1. The summed E-state index contributed by atoms with van der Waals surface area (Å²) in [6.45, 7) is 3.26. The lowest BCUT2D eigenvalue weighted by atomic mass is 9.85. The quantitative estimate of drug-likeness (QED) is 0.585. The number of rotatable bonds is 7. The van der Waals surface area contributed by atoms with Crippen LogP contribution in [0.2, 0.25) is 0 Å². The topological polar surface area (TPSA) is 90.0 Å². The lowest BCUT2D eigenvalue weighted by Gasteiger charge is -2.36. The molecule has 0 radical (unpaired) electrons. The van der Waals surface area contributed by atoms with Crippen molar-refractivity contribution in [1.29, 1.82) is 0 Å². The van der Waals surface area contributed by atoms with E-state index in [1.165, 1.54) is 54.9 Å². The van der Waals surface area contributed by atoms with Gasteiger partial charge in [0, 0.05) is 26.0 Å². The zero-order valence-electron chi connectivity index (χ0n) is 21.9. The Hall–Kier alpha value is -3.17. The van der Waals surface area contributed by atoms with E-state index in [0.717, 1.165) is 48.8 Å². The molecule has 9 heteroatoms. The molecule has 2 amide bonds. The van der Waals surface area contributed by atoms with Gasteiger partial charge in [-0.15, -0.1) is 0 Å². The fraction of sp³-hybridized carbons (Fsp3) is 0.448. The number of nitrogens with one attached hydrogen (secondary N) is 1. The smallest absolute Gasteiger partial charge is 0.264 e. The van der Waals surface area contributed by atoms with Gasteiger partial charge in [0.1, 0.15) is 6.04 Å². The van der Waals surface area contributed by atoms with Crippen molar-refractivity contribution in [1.82, 2.24) is 19.4 Å². The average Bonchev–Trinajstić information content (AvgIpc) is 2.94. The van der Waals surface area contributed by atoms with Crippen molar-refractivity contribution in [3.8, 4) is 0 Å². The van der Waals surface area contributed by atoms with Gasteiger partial charge >= 0.3 is 0 Å². The van der Waals surface area contributed by atoms with Crippen LogP contribution in [0.25, 0.3) is 0 Å². The van der Waals surface area contributed by atoms with Gasteiger partial charge < -0.3 is 10.2 Å². The molecule has 5 rings (SSSR count). The molecule has 1 N–H and O–H groups in total. The predicted octanol–water partition coefficient (Wildman–Crippen LogP) is 3.56. The van der Waals surface area contributed by atoms with E-state index in [-0.39, 0.29) is 23.3 Å². The molecule has 0 spiro atoms. The molecule has 2 aromatic carbocycles. The van der Waals surface area contributed by atoms with E-state index in [9.17, 15) is 18.0 Å². The highest BCUT2D eigenvalue weighted by Gasteiger charge is 2.38. The van der Waals surface area contributed by atoms with Crippen molar-refractivity contribution < 1.29 is 18.0 Å². The monoisotopic (exact) mass is 536 g/mol. The summed E-state index contributed by atoms with van der Waals surface area (Å²) in [7, 11) is -2.23. The summed E-state index contributed by atoms with van der Waals surface area (Å²) in [6, 6.07) is 13.3. The third-order valence-corrected chi connectivity index (χ3v) is 9.75. The Bertz CT molecular complexity index is 1310. The van der Waals surface area contributed by atoms with E-state index in [1.807, 2.05) is 0 Å². The lowest BCUT2D eigenvalue weighted by molar-refractivity contribution is -0.136. The van der Waals surface area contributed by atoms with Crippen LogP contribution in [-0.2, 0) is 32.6 Å². The number of hydrogen-bond donors (Lipinski definition) is 1. The number of carbonyl (C=O) groups excluding carboxylic acids is 2. The van der Waals surface area contributed by atoms with Crippen LogP contribution >= 0.6 is 0 Å². The molecule has 2 aromatic rings. The summed E-state index contributed by atoms with van der Waals surface area (Å²) in [5.41, 5.74) is 3.74. The Labute approximate surface area is 225 Å². The maximum absolute atomic E-state index is 13.5. The number of likely N-dealkylation sites (tertiary alicyclic amines) is 1. The number of hydrogen-bond acceptors (Lipinski definition) is 5. The van der Waals surface area contributed by atoms with Crippen molar-refractivity contribution in [3.05, 3.63) is 77.6 Å². The zero-order valence-corrected chi connectivity index (χ0v) is 22.7. The van der Waals surface area contributed by atoms with Gasteiger partial charge in [0.15, 0.2) is 0 Å². The molecule has 1 saturated heterocycles. The van der Waals surface area contributed by atoms with Gasteiger partial charge in [-0.2, -0.15) is 0 Å². The summed E-state index contributed by atoms with van der Waals surface area (Å²) >= 11 is 0. The minimum atomic E-state index is -4.00. The van der Waals surface area contributed by atoms with Crippen LogP contribution in [0, 0.1) is 0 Å². The fourth-order valence-corrected chi connectivity index (χ4v) is 7.33. The summed E-state index contributed by atoms with van der Waals surface area (Å²) in [4.78, 5) is 30.6. The Morgan fingerprint density at radius 1 is 1.05 bits per heavy atom. The van der Waals surface area contributed by atoms with Crippen LogP contribution in [0.4, 0.5) is 0 Å². The van der Waals surface area contributed by atoms with Crippen LogP contribution in [0.1, 0.15) is 61.3 Å². The highest BCUT2D eigenvalue weighted by molar-refractivity contribution is 7.89. The first kappa shape index (κ1) is 26.4. The van der Waals surface area contributed by atoms with Crippen LogP contribution < -0.4 is 5.32 Å². The van der Waals surface area contributed by atoms with Gasteiger partial charge in [-0.1, -0.05) is 42.8 Å². The molecule has 2 atom stereocenters. The number of fused-ring (bicyclic) bond motifs is 1. The third-order valence-electron chi connectivity index (χ3n) is 7.95. The Balaban J connectivity index is 1.32. The van der Waals surface area contributed by atoms with Gasteiger partial charge in [0.2, 0.25) is 11.8 Å². The van der Waals surface area contributed by atoms with Crippen LogP contribution in [0.3, 0.4) is 0 Å². The minimum Gasteiger partial charge on any atom is -0.339 e. The number of amides is 2. The fourth-order valence-electron chi connectivity index (χ4n) is 5.85. The highest BCUT2D eigenvalue weighted by atomic mass is 32.2. The van der Waals surface area contributed by atoms with E-state index in [4.69, 9.17) is 0 Å². The van der Waals surface area contributed by atoms with Crippen molar-refractivity contribution in [2.75, 3.05) is 20.1 Å². The Kier molecular flexibility index (Phi) is 7.85. The second kappa shape index (κ2) is 11.3. The van der Waals surface area contributed by atoms with E-state index >= 15 is 0 Å². The lowest BCUT2D eigenvalue weighted by Crippen LogP contribution is -2.51. The molecule has 0 saturated carbocycles. The van der Waals surface area contributed by atoms with Gasteiger partial charge in [-0.3, -0.25) is 18.8 Å². The third kappa shape index (κ3) is 5.49. The number of piperidine rings is 1. The average molecular weight is 537 g/mol. The summed E-state index contributed by atoms with van der Waals surface area (Å²) in [5, 5.41) is 2.56. The summed E-state index contributed by atoms with van der Waals surface area (Å²) < 4.78 is 27.6. The van der Waals surface area contributed by atoms with Crippen molar-refractivity contribution >= 4 is 21.8 Å². The highest BCUT2D eigenvalue weighted by Crippen LogP contribution is 2.35. The molecule has 2 heterocycles. The van der Waals surface area contributed by atoms with Crippen molar-refractivity contribution in [2.45, 2.75) is 68.5 Å². The van der Waals surface area contributed by atoms with Crippen molar-refractivity contribution in [3.63, 3.8) is 0 Å². The molecule has 3 aliphatic rings. The second-order valence-electron chi connectivity index (χ2n) is 10.5. The Morgan fingerprint density at radius 3 is 2.58 bits per heavy atom. The van der Waals surface area contributed by atoms with E-state index < -0.39 is 22.0 Å². The van der Waals surface area contributed by atoms with Crippen molar-refractivity contribution in [2.24, 2.45) is 0 Å². The summed E-state index contributed by atoms with van der Waals surface area (Å²) in [6.07, 6.45) is 9.02. The van der Waals surface area contributed by atoms with E-state index in [0.29, 0.717) is 0 Å². The largest absolute Gasteiger partial charge is 0.339 e. The number of nitrogens with zero attached hydrogens (tertiary/aromatic N) is 3. The number of aryl methyl sites for hydroxylation is 1. The molecule has 8 nitrogen and oxygen atoms in total. The molecule has 0 aromatic heterocycles. The molecule has 0 bridgehead atoms. The normalized spacial score (nSPS) is 22.0. The molecule has 2 aliphatic heterocycles. The van der Waals surface area contributed by atoms with Gasteiger partial charge in [0.05, 0.1) is 17.4 Å². The predicted molar refractivity (Wildman–Crippen MR) is 145 cm³/mol. The first-order chi connectivity index (χ1) is 18.3. The minimum absolute atomic E-state index is 0.0757. The van der Waals surface area contributed by atoms with Gasteiger partial charge in [-0.25, -0.2) is 8.42 Å². The number of carbonyl (C=O) groups is 2. The maximum Gasteiger partial charge on any atom is 0.264 e. The molecule has 202 valence electrons. The summed E-state index contributed by atoms with van der Waals surface area (Å²) in [5.74, 6) is -0.774. The maximum atomic E-state index is 13.5. The zero-order chi connectivity index (χ0) is 26.7. The molecule has 1 unspecified atom stereocenters. The SMILES string of the molecule is CN(C(=O)CC1C(=O)NC=CN1S(=O)(=O)c1ccccc1)[C@@H]1CCCc2cc(CN3CCCCC3)ccc21. The van der Waals surface area contributed by atoms with Crippen LogP contribution in [0.5, 0.6) is 0 Å². The van der Waals surface area contributed by atoms with E-state index in [1.54, 1.807) is 30.1 Å². The molecular formula is C29H36N4O4S. The number of benzene rings is 2. The molecule has 1 aliphatic carbocycles. The number of sulfonamides is 1. The van der Waals surface area contributed by atoms with Crippen LogP contribution in [-0.4, -0.2) is 60.5 Å². The van der Waals surface area contributed by atoms with Gasteiger partial charge in [0.25, 0.3) is 10.0 Å². The molecule has 1 fully saturated rings. The first-order valence-corrected chi connectivity index (χ1v) is 14.9. The van der Waals surface area contributed by atoms with Crippen LogP contribution in [0.15, 0.2) is 65.8 Å². The van der Waals surface area contributed by atoms with Gasteiger partial charge in [-0.05, 0) is 74.0 Å².